The zero-order valence-electron chi connectivity index (χ0n) is 11.1. The van der Waals surface area contributed by atoms with Gasteiger partial charge in [0, 0.05) is 22.7 Å². The minimum Gasteiger partial charge on any atom is -0.462 e. The Labute approximate surface area is 123 Å². The third-order valence-corrected chi connectivity index (χ3v) is 4.56. The zero-order valence-corrected chi connectivity index (χ0v) is 12.8. The molecule has 2 aromatic rings. The normalized spacial score (nSPS) is 12.2. The van der Waals surface area contributed by atoms with Gasteiger partial charge in [0.15, 0.2) is 10.8 Å². The Morgan fingerprint density at radius 2 is 2.40 bits per heavy atom. The minimum atomic E-state index is -1.24. The molecule has 0 aliphatic carbocycles. The van der Waals surface area contributed by atoms with Crippen molar-refractivity contribution in [2.45, 2.75) is 19.1 Å². The molecule has 2 rings (SSSR count). The lowest BCUT2D eigenvalue weighted by Crippen LogP contribution is -2.29. The molecule has 108 valence electrons. The smallest absolute Gasteiger partial charge is 0.232 e. The van der Waals surface area contributed by atoms with Gasteiger partial charge in [-0.05, 0) is 18.6 Å². The van der Waals surface area contributed by atoms with Gasteiger partial charge < -0.3 is 9.73 Å². The fourth-order valence-electron chi connectivity index (χ4n) is 1.56. The van der Waals surface area contributed by atoms with Gasteiger partial charge in [0.2, 0.25) is 5.91 Å². The van der Waals surface area contributed by atoms with Crippen LogP contribution in [0.3, 0.4) is 0 Å². The average molecular weight is 312 g/mol. The van der Waals surface area contributed by atoms with Crippen LogP contribution in [0.1, 0.15) is 19.0 Å². The Kier molecular flexibility index (Phi) is 5.49. The van der Waals surface area contributed by atoms with Crippen LogP contribution in [0.5, 0.6) is 0 Å². The molecule has 2 aromatic heterocycles. The van der Waals surface area contributed by atoms with Crippen LogP contribution in [-0.4, -0.2) is 27.4 Å². The van der Waals surface area contributed by atoms with E-state index in [-0.39, 0.29) is 17.4 Å². The number of thiazole rings is 1. The maximum absolute atomic E-state index is 11.9. The number of aromatic nitrogens is 1. The van der Waals surface area contributed by atoms with Crippen molar-refractivity contribution in [1.82, 2.24) is 10.3 Å². The Morgan fingerprint density at radius 3 is 3.10 bits per heavy atom. The number of hydrogen-bond acceptors (Lipinski definition) is 5. The van der Waals surface area contributed by atoms with Crippen LogP contribution in [0.15, 0.2) is 28.2 Å². The summed E-state index contributed by atoms with van der Waals surface area (Å²) in [6, 6.07) is 3.63. The summed E-state index contributed by atoms with van der Waals surface area (Å²) in [5.41, 5.74) is 0.725. The predicted molar refractivity (Wildman–Crippen MR) is 79.8 cm³/mol. The summed E-state index contributed by atoms with van der Waals surface area (Å²) in [4.78, 5) is 15.8. The first-order valence-corrected chi connectivity index (χ1v) is 8.65. The van der Waals surface area contributed by atoms with Crippen molar-refractivity contribution in [1.29, 1.82) is 0 Å². The van der Waals surface area contributed by atoms with Crippen molar-refractivity contribution in [2.75, 3.05) is 12.3 Å². The molecule has 0 radical (unpaired) electrons. The van der Waals surface area contributed by atoms with Gasteiger partial charge in [0.05, 0.1) is 17.7 Å². The van der Waals surface area contributed by atoms with E-state index < -0.39 is 10.8 Å². The molecule has 2 heterocycles. The molecule has 0 aromatic carbocycles. The highest BCUT2D eigenvalue weighted by Crippen LogP contribution is 2.24. The Hall–Kier alpha value is -1.47. The van der Waals surface area contributed by atoms with Crippen LogP contribution in [0.25, 0.3) is 10.8 Å². The van der Waals surface area contributed by atoms with Crippen LogP contribution in [-0.2, 0) is 21.3 Å². The van der Waals surface area contributed by atoms with E-state index in [1.807, 2.05) is 18.4 Å². The monoisotopic (exact) mass is 312 g/mol. The molecule has 1 atom stereocenters. The molecule has 20 heavy (non-hydrogen) atoms. The lowest BCUT2D eigenvalue weighted by molar-refractivity contribution is -0.118. The summed E-state index contributed by atoms with van der Waals surface area (Å²) in [6.45, 7) is 2.60. The lowest BCUT2D eigenvalue weighted by Gasteiger charge is -2.02. The van der Waals surface area contributed by atoms with Gasteiger partial charge in [-0.2, -0.15) is 0 Å². The molecule has 0 fully saturated rings. The van der Waals surface area contributed by atoms with Gasteiger partial charge in [0.1, 0.15) is 5.75 Å². The number of furan rings is 1. The summed E-state index contributed by atoms with van der Waals surface area (Å²) in [6.07, 6.45) is 2.46. The highest BCUT2D eigenvalue weighted by atomic mass is 32.2. The number of amides is 1. The first kappa shape index (κ1) is 14.9. The molecule has 0 unspecified atom stereocenters. The quantitative estimate of drug-likeness (QED) is 0.850. The van der Waals surface area contributed by atoms with Crippen molar-refractivity contribution in [3.05, 3.63) is 29.5 Å². The fraction of sp³-hybridized carbons (Fsp3) is 0.385. The summed E-state index contributed by atoms with van der Waals surface area (Å²) in [7, 11) is -1.24. The second-order valence-corrected chi connectivity index (χ2v) is 6.51. The summed E-state index contributed by atoms with van der Waals surface area (Å²) in [5.74, 6) is 0.837. The standard InChI is InChI=1S/C13H16N2O3S2/c1-2-5-14-12(16)9-20(17)8-10-7-19-13(15-10)11-4-3-6-18-11/h3-4,6-7H,2,5,8-9H2,1H3,(H,14,16)/t20-/m1/s1. The molecule has 0 saturated carbocycles. The van der Waals surface area contributed by atoms with Crippen LogP contribution in [0.2, 0.25) is 0 Å². The van der Waals surface area contributed by atoms with Crippen LogP contribution in [0.4, 0.5) is 0 Å². The van der Waals surface area contributed by atoms with Crippen molar-refractivity contribution < 1.29 is 13.4 Å². The Bertz CT molecular complexity index is 578. The van der Waals surface area contributed by atoms with Gasteiger partial charge in [-0.15, -0.1) is 11.3 Å². The minimum absolute atomic E-state index is 0.0214. The van der Waals surface area contributed by atoms with E-state index in [0.29, 0.717) is 12.3 Å². The zero-order chi connectivity index (χ0) is 14.4. The largest absolute Gasteiger partial charge is 0.462 e. The van der Waals surface area contributed by atoms with Gasteiger partial charge >= 0.3 is 0 Å². The predicted octanol–water partition coefficient (Wildman–Crippen LogP) is 2.18. The van der Waals surface area contributed by atoms with E-state index in [1.165, 1.54) is 11.3 Å². The highest BCUT2D eigenvalue weighted by molar-refractivity contribution is 7.84. The number of rotatable bonds is 7. The molecule has 0 aliphatic heterocycles. The maximum Gasteiger partial charge on any atom is 0.232 e. The summed E-state index contributed by atoms with van der Waals surface area (Å²) < 4.78 is 17.1. The van der Waals surface area contributed by atoms with E-state index in [2.05, 4.69) is 10.3 Å². The molecule has 0 spiro atoms. The Morgan fingerprint density at radius 1 is 1.55 bits per heavy atom. The Balaban J connectivity index is 1.87. The van der Waals surface area contributed by atoms with E-state index in [4.69, 9.17) is 4.42 Å². The first-order valence-electron chi connectivity index (χ1n) is 6.29. The molecule has 0 bridgehead atoms. The van der Waals surface area contributed by atoms with Gasteiger partial charge in [-0.3, -0.25) is 9.00 Å². The maximum atomic E-state index is 11.9. The average Bonchev–Trinajstić information content (AvgIpc) is 3.06. The topological polar surface area (TPSA) is 72.2 Å². The van der Waals surface area contributed by atoms with Gasteiger partial charge in [-0.25, -0.2) is 4.98 Å². The SMILES string of the molecule is CCCNC(=O)C[S@](=O)Cc1csc(-c2ccco2)n1. The second-order valence-electron chi connectivity index (χ2n) is 4.20. The summed E-state index contributed by atoms with van der Waals surface area (Å²) in [5, 5.41) is 5.32. The highest BCUT2D eigenvalue weighted by Gasteiger charge is 2.12. The van der Waals surface area contributed by atoms with Crippen LogP contribution in [0, 0.1) is 0 Å². The van der Waals surface area contributed by atoms with Crippen molar-refractivity contribution in [3.8, 4) is 10.8 Å². The molecule has 0 aliphatic rings. The third kappa shape index (κ3) is 4.28. The molecular weight excluding hydrogens is 296 g/mol. The third-order valence-electron chi connectivity index (χ3n) is 2.46. The van der Waals surface area contributed by atoms with Crippen LogP contribution < -0.4 is 5.32 Å². The lowest BCUT2D eigenvalue weighted by atomic mass is 10.5. The summed E-state index contributed by atoms with van der Waals surface area (Å²) >= 11 is 1.44. The van der Waals surface area contributed by atoms with E-state index in [9.17, 15) is 9.00 Å². The number of hydrogen-bond donors (Lipinski definition) is 1. The van der Waals surface area contributed by atoms with Crippen molar-refractivity contribution >= 4 is 28.0 Å². The molecule has 1 N–H and O–H groups in total. The van der Waals surface area contributed by atoms with E-state index >= 15 is 0 Å². The molecule has 5 nitrogen and oxygen atoms in total. The molecular formula is C13H16N2O3S2. The number of carbonyl (C=O) groups excluding carboxylic acids is 1. The number of nitrogens with zero attached hydrogens (tertiary/aromatic N) is 1. The van der Waals surface area contributed by atoms with E-state index in [0.717, 1.165) is 17.1 Å². The number of nitrogens with one attached hydrogen (secondary N) is 1. The molecule has 0 saturated heterocycles. The fourth-order valence-corrected chi connectivity index (χ4v) is 3.43. The first-order chi connectivity index (χ1) is 9.69. The van der Waals surface area contributed by atoms with Gasteiger partial charge in [0.25, 0.3) is 0 Å². The number of carbonyl (C=O) groups is 1. The van der Waals surface area contributed by atoms with Crippen LogP contribution >= 0.6 is 11.3 Å². The second kappa shape index (κ2) is 7.35. The van der Waals surface area contributed by atoms with E-state index in [1.54, 1.807) is 12.3 Å². The molecule has 7 heteroatoms. The van der Waals surface area contributed by atoms with Gasteiger partial charge in [-0.1, -0.05) is 6.92 Å². The van der Waals surface area contributed by atoms with Crippen molar-refractivity contribution in [3.63, 3.8) is 0 Å². The van der Waals surface area contributed by atoms with Crippen molar-refractivity contribution in [2.24, 2.45) is 0 Å². The molecule has 1 amide bonds.